The number of carbonyl (C=O) groups is 1. The van der Waals surface area contributed by atoms with Crippen LogP contribution in [0.2, 0.25) is 0 Å². The van der Waals surface area contributed by atoms with Gasteiger partial charge in [-0.2, -0.15) is 0 Å². The summed E-state index contributed by atoms with van der Waals surface area (Å²) in [6, 6.07) is 0. The summed E-state index contributed by atoms with van der Waals surface area (Å²) in [7, 11) is 0. The third-order valence-corrected chi connectivity index (χ3v) is 3.79. The first-order valence-electron chi connectivity index (χ1n) is 2.27. The molecule has 9 heavy (non-hydrogen) atoms. The number of hydrogen-bond donors (Lipinski definition) is 1. The quantitative estimate of drug-likeness (QED) is 0.598. The molecule has 0 aliphatic carbocycles. The van der Waals surface area contributed by atoms with Gasteiger partial charge < -0.3 is 7.96 Å². The molecule has 50 valence electrons. The predicted molar refractivity (Wildman–Crippen MR) is 44.3 cm³/mol. The molecule has 2 nitrogen and oxygen atoms in total. The molecule has 0 aromatic carbocycles. The Hall–Kier alpha value is 0.936. The Labute approximate surface area is 81.3 Å². The molecule has 5 heteroatoms. The Morgan fingerprint density at radius 3 is 2.22 bits per heavy atom. The largest absolute Gasteiger partial charge is 2.00 e. The summed E-state index contributed by atoms with van der Waals surface area (Å²) in [6.45, 7) is 0. The number of carboxylic acid groups (broad SMARTS) is 1. The van der Waals surface area contributed by atoms with E-state index in [-0.39, 0.29) is 30.5 Å². The summed E-state index contributed by atoms with van der Waals surface area (Å²) in [6.07, 6.45) is 0. The van der Waals surface area contributed by atoms with Crippen molar-refractivity contribution in [3.63, 3.8) is 0 Å². The maximum Gasteiger partial charge on any atom is 2.00 e. The Morgan fingerprint density at radius 2 is 2.00 bits per heavy atom. The molecule has 1 saturated heterocycles. The molecule has 1 rings (SSSR count). The van der Waals surface area contributed by atoms with Gasteiger partial charge >= 0.3 is 29.0 Å². The van der Waals surface area contributed by atoms with Gasteiger partial charge in [-0.15, -0.1) is 23.5 Å². The summed E-state index contributed by atoms with van der Waals surface area (Å²) >= 11 is 3.03. The van der Waals surface area contributed by atoms with Crippen LogP contribution in [0, 0.1) is 0 Å². The van der Waals surface area contributed by atoms with E-state index in [0.717, 1.165) is 11.5 Å². The van der Waals surface area contributed by atoms with Gasteiger partial charge in [0.05, 0.1) is 0 Å². The van der Waals surface area contributed by atoms with Crippen LogP contribution in [0.4, 0.5) is 0 Å². The van der Waals surface area contributed by atoms with Gasteiger partial charge in [0.15, 0.2) is 0 Å². The van der Waals surface area contributed by atoms with E-state index in [1.165, 1.54) is 23.5 Å². The van der Waals surface area contributed by atoms with E-state index in [1.807, 2.05) is 0 Å². The van der Waals surface area contributed by atoms with Crippen LogP contribution < -0.4 is 0 Å². The van der Waals surface area contributed by atoms with Gasteiger partial charge in [-0.1, -0.05) is 0 Å². The van der Waals surface area contributed by atoms with Crippen LogP contribution in [0.3, 0.4) is 0 Å². The van der Waals surface area contributed by atoms with Gasteiger partial charge in [-0.25, -0.2) is 0 Å². The van der Waals surface area contributed by atoms with Crippen LogP contribution >= 0.6 is 23.5 Å². The topological polar surface area (TPSA) is 37.3 Å². The molecular formula is C4H8MgO2S2. The maximum atomic E-state index is 10.2. The molecule has 0 aromatic rings. The summed E-state index contributed by atoms with van der Waals surface area (Å²) in [5.41, 5.74) is 0. The van der Waals surface area contributed by atoms with Gasteiger partial charge in [-0.3, -0.25) is 4.79 Å². The first-order valence-corrected chi connectivity index (χ1v) is 4.36. The number of rotatable bonds is 1. The first-order chi connectivity index (χ1) is 3.80. The van der Waals surface area contributed by atoms with Gasteiger partial charge in [0.2, 0.25) is 0 Å². The van der Waals surface area contributed by atoms with Crippen molar-refractivity contribution >= 4 is 52.5 Å². The Morgan fingerprint density at radius 1 is 1.56 bits per heavy atom. The second-order valence-corrected chi connectivity index (χ2v) is 4.14. The summed E-state index contributed by atoms with van der Waals surface area (Å²) in [5, 5.41) is 8.37. The molecule has 1 aliphatic heterocycles. The van der Waals surface area contributed by atoms with Crippen LogP contribution in [0.5, 0.6) is 0 Å². The third-order valence-electron chi connectivity index (χ3n) is 0.823. The van der Waals surface area contributed by atoms with E-state index >= 15 is 0 Å². The summed E-state index contributed by atoms with van der Waals surface area (Å²) in [5.74, 6) is 1.29. The number of carboxylic acids is 1. The van der Waals surface area contributed by atoms with Gasteiger partial charge in [0.1, 0.15) is 4.58 Å². The Balaban J connectivity index is -0.000000213. The summed E-state index contributed by atoms with van der Waals surface area (Å²) < 4.78 is -0.185. The molecule has 0 spiro atoms. The molecule has 0 aromatic heterocycles. The Bertz CT molecular complexity index is 110. The van der Waals surface area contributed by atoms with E-state index in [4.69, 9.17) is 5.11 Å². The fourth-order valence-electron chi connectivity index (χ4n) is 0.501. The van der Waals surface area contributed by atoms with Crippen molar-refractivity contribution in [1.82, 2.24) is 0 Å². The van der Waals surface area contributed by atoms with E-state index in [2.05, 4.69) is 0 Å². The van der Waals surface area contributed by atoms with E-state index in [0.29, 0.717) is 0 Å². The molecule has 1 N–H and O–H groups in total. The van der Waals surface area contributed by atoms with Crippen LogP contribution in [0.25, 0.3) is 0 Å². The standard InChI is InChI=1S/C4H6O2S2.Mg.2H/c5-3(6)4-7-1-2-8-4;;;/h4H,1-2H2,(H,5,6);;;/q;+2;2*-1. The van der Waals surface area contributed by atoms with E-state index in [1.54, 1.807) is 0 Å². The van der Waals surface area contributed by atoms with Crippen molar-refractivity contribution in [3.8, 4) is 0 Å². The SMILES string of the molecule is O=C(O)C1SCCS1.[H-].[H-].[Mg+2]. The zero-order valence-corrected chi connectivity index (χ0v) is 7.92. The molecule has 0 atom stereocenters. The van der Waals surface area contributed by atoms with Crippen LogP contribution in [0.15, 0.2) is 0 Å². The van der Waals surface area contributed by atoms with Crippen LogP contribution in [0.1, 0.15) is 2.85 Å². The number of hydrogen-bond acceptors (Lipinski definition) is 3. The molecule has 0 radical (unpaired) electrons. The fraction of sp³-hybridized carbons (Fsp3) is 0.750. The molecule has 1 heterocycles. The molecule has 0 unspecified atom stereocenters. The minimum Gasteiger partial charge on any atom is -1.00 e. The van der Waals surface area contributed by atoms with E-state index in [9.17, 15) is 4.79 Å². The average molecular weight is 177 g/mol. The van der Waals surface area contributed by atoms with Crippen LogP contribution in [-0.4, -0.2) is 50.2 Å². The van der Waals surface area contributed by atoms with Crippen molar-refractivity contribution in [1.29, 1.82) is 0 Å². The molecule has 1 aliphatic rings. The average Bonchev–Trinajstić information content (AvgIpc) is 2.12. The zero-order chi connectivity index (χ0) is 5.98. The number of aliphatic carboxylic acids is 1. The van der Waals surface area contributed by atoms with Crippen LogP contribution in [-0.2, 0) is 4.79 Å². The molecule has 0 bridgehead atoms. The molecule has 0 amide bonds. The first kappa shape index (κ1) is 9.94. The maximum absolute atomic E-state index is 10.2. The Kier molecular flexibility index (Phi) is 5.20. The van der Waals surface area contributed by atoms with Crippen molar-refractivity contribution in [2.75, 3.05) is 11.5 Å². The van der Waals surface area contributed by atoms with Crippen molar-refractivity contribution in [2.24, 2.45) is 0 Å². The zero-order valence-electron chi connectivity index (χ0n) is 6.87. The van der Waals surface area contributed by atoms with Gasteiger partial charge in [0, 0.05) is 11.5 Å². The molecule has 1 fully saturated rings. The van der Waals surface area contributed by atoms with Gasteiger partial charge in [-0.05, 0) is 0 Å². The predicted octanol–water partition coefficient (Wildman–Crippen LogP) is 0.721. The second-order valence-electron chi connectivity index (χ2n) is 1.41. The number of thioether (sulfide) groups is 2. The van der Waals surface area contributed by atoms with Gasteiger partial charge in [0.25, 0.3) is 0 Å². The summed E-state index contributed by atoms with van der Waals surface area (Å²) in [4.78, 5) is 10.2. The van der Waals surface area contributed by atoms with Crippen molar-refractivity contribution < 1.29 is 12.8 Å². The fourth-order valence-corrected chi connectivity index (χ4v) is 2.95. The van der Waals surface area contributed by atoms with Crippen molar-refractivity contribution in [2.45, 2.75) is 4.58 Å². The normalized spacial score (nSPS) is 19.1. The third kappa shape index (κ3) is 3.02. The smallest absolute Gasteiger partial charge is 1.00 e. The monoisotopic (exact) mass is 176 g/mol. The molecular weight excluding hydrogens is 168 g/mol. The van der Waals surface area contributed by atoms with E-state index < -0.39 is 5.97 Å². The second kappa shape index (κ2) is 4.71. The molecule has 0 saturated carbocycles. The minimum absolute atomic E-state index is 0. The van der Waals surface area contributed by atoms with Crippen molar-refractivity contribution in [3.05, 3.63) is 0 Å². The minimum atomic E-state index is -0.683.